The van der Waals surface area contributed by atoms with Gasteiger partial charge in [-0.25, -0.2) is 0 Å². The maximum atomic E-state index is 4.50. The van der Waals surface area contributed by atoms with Gasteiger partial charge in [0.05, 0.1) is 32.9 Å². The van der Waals surface area contributed by atoms with Gasteiger partial charge in [-0.2, -0.15) is 9.36 Å². The van der Waals surface area contributed by atoms with E-state index < -0.39 is 0 Å². The Morgan fingerprint density at radius 1 is 0.917 bits per heavy atom. The number of nitrogens with zero attached hydrogens (tertiary/aromatic N) is 6. The first kappa shape index (κ1) is 27.5. The molecule has 0 aliphatic carbocycles. The van der Waals surface area contributed by atoms with Gasteiger partial charge in [-0.1, -0.05) is 60.7 Å². The smallest absolute Gasteiger partial charge is 0.249 e. The van der Waals surface area contributed by atoms with E-state index in [4.69, 9.17) is 0 Å². The number of anilines is 1. The average molecular weight is 521 g/mol. The second kappa shape index (κ2) is 12.7. The van der Waals surface area contributed by atoms with Crippen molar-refractivity contribution < 1.29 is 16.9 Å². The highest BCUT2D eigenvalue weighted by atomic mass is 35.5. The van der Waals surface area contributed by atoms with Gasteiger partial charge < -0.3 is 21.8 Å². The molecule has 0 unspecified atom stereocenters. The van der Waals surface area contributed by atoms with Crippen LogP contribution in [0.15, 0.2) is 89.1 Å². The maximum Gasteiger partial charge on any atom is 0.249 e. The van der Waals surface area contributed by atoms with Crippen molar-refractivity contribution in [1.82, 2.24) is 9.36 Å². The number of azo groups is 1. The van der Waals surface area contributed by atoms with Crippen LogP contribution in [-0.2, 0) is 6.54 Å². The van der Waals surface area contributed by atoms with Gasteiger partial charge in [0, 0.05) is 34.9 Å². The first-order valence-electron chi connectivity index (χ1n) is 12.0. The fourth-order valence-corrected chi connectivity index (χ4v) is 4.54. The molecule has 4 rings (SSSR count). The van der Waals surface area contributed by atoms with Crippen molar-refractivity contribution >= 4 is 28.0 Å². The molecule has 0 saturated heterocycles. The topological polar surface area (TPSA) is 53.7 Å². The average Bonchev–Trinajstić information content (AvgIpc) is 3.34. The number of aromatic nitrogens is 2. The van der Waals surface area contributed by atoms with Gasteiger partial charge >= 0.3 is 0 Å². The third kappa shape index (κ3) is 7.43. The minimum absolute atomic E-state index is 0. The molecule has 36 heavy (non-hydrogen) atoms. The highest BCUT2D eigenvalue weighted by molar-refractivity contribution is 7.09. The highest BCUT2D eigenvalue weighted by Gasteiger charge is 2.18. The summed E-state index contributed by atoms with van der Waals surface area (Å²) in [5, 5.41) is 9.35. The van der Waals surface area contributed by atoms with Gasteiger partial charge in [0.1, 0.15) is 6.54 Å². The molecule has 8 heteroatoms. The van der Waals surface area contributed by atoms with Crippen molar-refractivity contribution in [3.8, 4) is 11.4 Å². The van der Waals surface area contributed by atoms with Crippen molar-refractivity contribution in [2.75, 3.05) is 38.6 Å². The fourth-order valence-electron chi connectivity index (χ4n) is 4.02. The van der Waals surface area contributed by atoms with Crippen molar-refractivity contribution in [3.05, 3.63) is 90.0 Å². The largest absolute Gasteiger partial charge is 1.00 e. The summed E-state index contributed by atoms with van der Waals surface area (Å²) in [6.45, 7) is 8.32. The summed E-state index contributed by atoms with van der Waals surface area (Å²) in [6, 6.07) is 27.0. The minimum Gasteiger partial charge on any atom is -1.00 e. The Morgan fingerprint density at radius 3 is 2.28 bits per heavy atom. The Morgan fingerprint density at radius 2 is 1.61 bits per heavy atom. The molecule has 0 bridgehead atoms. The molecule has 1 aromatic heterocycles. The quantitative estimate of drug-likeness (QED) is 0.234. The van der Waals surface area contributed by atoms with Crippen molar-refractivity contribution in [2.45, 2.75) is 20.4 Å². The van der Waals surface area contributed by atoms with Gasteiger partial charge in [0.2, 0.25) is 5.13 Å². The Balaban J connectivity index is 0.00000361. The van der Waals surface area contributed by atoms with Gasteiger partial charge in [0.15, 0.2) is 5.82 Å². The van der Waals surface area contributed by atoms with Gasteiger partial charge in [0.25, 0.3) is 0 Å². The number of hydrogen-bond acceptors (Lipinski definition) is 6. The molecule has 6 nitrogen and oxygen atoms in total. The molecule has 4 aromatic rings. The van der Waals surface area contributed by atoms with E-state index in [1.807, 2.05) is 36.4 Å². The number of quaternary nitrogens is 1. The third-order valence-corrected chi connectivity index (χ3v) is 6.65. The highest BCUT2D eigenvalue weighted by Crippen LogP contribution is 2.28. The van der Waals surface area contributed by atoms with Crippen LogP contribution in [0.1, 0.15) is 18.1 Å². The van der Waals surface area contributed by atoms with Crippen LogP contribution in [0, 0.1) is 6.92 Å². The summed E-state index contributed by atoms with van der Waals surface area (Å²) in [7, 11) is 4.60. The van der Waals surface area contributed by atoms with Crippen molar-refractivity contribution in [2.24, 2.45) is 10.2 Å². The monoisotopic (exact) mass is 520 g/mol. The number of halogens is 1. The van der Waals surface area contributed by atoms with Crippen LogP contribution in [0.4, 0.5) is 16.5 Å². The minimum atomic E-state index is 0. The summed E-state index contributed by atoms with van der Waals surface area (Å²) < 4.78 is 5.35. The predicted molar refractivity (Wildman–Crippen MR) is 146 cm³/mol. The molecule has 0 aliphatic rings. The fraction of sp³-hybridized carbons (Fsp3) is 0.286. The summed E-state index contributed by atoms with van der Waals surface area (Å²) in [4.78, 5) is 6.92. The van der Waals surface area contributed by atoms with E-state index in [9.17, 15) is 0 Å². The lowest BCUT2D eigenvalue weighted by atomic mass is 10.1. The number of likely N-dealkylation sites (N-methyl/N-ethyl adjacent to an activating group) is 2. The maximum absolute atomic E-state index is 4.50. The molecule has 0 atom stereocenters. The molecule has 0 aliphatic heterocycles. The standard InChI is InChI=1S/C28H33N6S.ClH/c1-5-33(18-19-34(3,4)21-23-12-8-6-9-13-23)25-16-17-26(22(2)20-25)30-31-28-29-27(32-35-28)24-14-10-7-11-15-24;/h6-17,20H,5,18-19,21H2,1-4H3;1H/q+1;/p-1. The van der Waals surface area contributed by atoms with E-state index >= 15 is 0 Å². The third-order valence-electron chi connectivity index (χ3n) is 6.05. The van der Waals surface area contributed by atoms with Crippen LogP contribution in [0.3, 0.4) is 0 Å². The first-order valence-corrected chi connectivity index (χ1v) is 12.7. The molecular weight excluding hydrogens is 488 g/mol. The van der Waals surface area contributed by atoms with Crippen LogP contribution in [0.2, 0.25) is 0 Å². The zero-order chi connectivity index (χ0) is 24.7. The Labute approximate surface area is 224 Å². The van der Waals surface area contributed by atoms with E-state index in [-0.39, 0.29) is 12.4 Å². The molecule has 1 heterocycles. The van der Waals surface area contributed by atoms with E-state index in [0.29, 0.717) is 11.0 Å². The molecule has 3 aromatic carbocycles. The lowest BCUT2D eigenvalue weighted by Gasteiger charge is -2.33. The van der Waals surface area contributed by atoms with Crippen LogP contribution >= 0.6 is 11.5 Å². The summed E-state index contributed by atoms with van der Waals surface area (Å²) in [6.07, 6.45) is 0. The van der Waals surface area contributed by atoms with E-state index in [1.54, 1.807) is 0 Å². The van der Waals surface area contributed by atoms with Gasteiger partial charge in [-0.3, -0.25) is 0 Å². The zero-order valence-corrected chi connectivity index (χ0v) is 22.9. The summed E-state index contributed by atoms with van der Waals surface area (Å²) in [5.41, 5.74) is 5.51. The van der Waals surface area contributed by atoms with Gasteiger partial charge in [-0.05, 0) is 37.6 Å². The number of hydrogen-bond donors (Lipinski definition) is 0. The molecule has 0 fully saturated rings. The van der Waals surface area contributed by atoms with Crippen LogP contribution in [0.5, 0.6) is 0 Å². The molecule has 188 valence electrons. The number of aryl methyl sites for hydroxylation is 1. The number of rotatable bonds is 10. The molecule has 0 amide bonds. The SMILES string of the molecule is CCN(CC[N+](C)(C)Cc1ccccc1)c1ccc(N=Nc2nc(-c3ccccc3)ns2)c(C)c1.[Cl-]. The molecule has 0 radical (unpaired) electrons. The predicted octanol–water partition coefficient (Wildman–Crippen LogP) is 4.04. The summed E-state index contributed by atoms with van der Waals surface area (Å²) >= 11 is 1.26. The molecule has 0 spiro atoms. The Hall–Kier alpha value is -3.13. The summed E-state index contributed by atoms with van der Waals surface area (Å²) in [5.74, 6) is 0.684. The van der Waals surface area contributed by atoms with Crippen molar-refractivity contribution in [1.29, 1.82) is 0 Å². The number of benzene rings is 3. The normalized spacial score (nSPS) is 11.4. The van der Waals surface area contributed by atoms with Gasteiger partial charge in [-0.15, -0.1) is 10.2 Å². The molecule has 0 N–H and O–H groups in total. The lowest BCUT2D eigenvalue weighted by molar-refractivity contribution is -0.902. The first-order chi connectivity index (χ1) is 16.9. The lowest BCUT2D eigenvalue weighted by Crippen LogP contribution is -3.00. The van der Waals surface area contributed by atoms with E-state index in [0.717, 1.165) is 47.5 Å². The van der Waals surface area contributed by atoms with E-state index in [2.05, 4.69) is 94.9 Å². The molecular formula is C28H33ClN6S. The van der Waals surface area contributed by atoms with Crippen LogP contribution in [-0.4, -0.2) is 47.6 Å². The van der Waals surface area contributed by atoms with E-state index in [1.165, 1.54) is 22.8 Å². The molecule has 0 saturated carbocycles. The zero-order valence-electron chi connectivity index (χ0n) is 21.3. The van der Waals surface area contributed by atoms with Crippen LogP contribution < -0.4 is 17.3 Å². The Kier molecular flexibility index (Phi) is 9.70. The van der Waals surface area contributed by atoms with Crippen molar-refractivity contribution in [3.63, 3.8) is 0 Å². The van der Waals surface area contributed by atoms with Crippen LogP contribution in [0.25, 0.3) is 11.4 Å². The second-order valence-corrected chi connectivity index (χ2v) is 10.1. The second-order valence-electron chi connectivity index (χ2n) is 9.32. The Bertz CT molecular complexity index is 1260.